The van der Waals surface area contributed by atoms with Gasteiger partial charge in [-0.15, -0.1) is 0 Å². The van der Waals surface area contributed by atoms with E-state index in [4.69, 9.17) is 22.3 Å². The number of nitrogens with two attached hydrogens (primary N) is 3. The summed E-state index contributed by atoms with van der Waals surface area (Å²) in [6.45, 7) is 2.10. The van der Waals surface area contributed by atoms with Crippen molar-refractivity contribution in [3.8, 4) is 0 Å². The third kappa shape index (κ3) is 13.2. The molecule has 5 atom stereocenters. The molecule has 0 radical (unpaired) electrons. The van der Waals surface area contributed by atoms with E-state index in [0.29, 0.717) is 5.56 Å². The van der Waals surface area contributed by atoms with Crippen molar-refractivity contribution in [1.82, 2.24) is 31.6 Å². The number of carbonyl (C=O) groups excluding carboxylic acids is 7. The van der Waals surface area contributed by atoms with Gasteiger partial charge in [-0.25, -0.2) is 0 Å². The number of amides is 7. The Morgan fingerprint density at radius 3 is 1.96 bits per heavy atom. The van der Waals surface area contributed by atoms with Gasteiger partial charge in [0.2, 0.25) is 41.4 Å². The van der Waals surface area contributed by atoms with Crippen molar-refractivity contribution in [2.75, 3.05) is 13.2 Å². The second-order valence-electron chi connectivity index (χ2n) is 12.0. The van der Waals surface area contributed by atoms with Gasteiger partial charge in [-0.05, 0) is 30.4 Å². The molecule has 0 unspecified atom stereocenters. The van der Waals surface area contributed by atoms with Crippen LogP contribution in [0.2, 0.25) is 0 Å². The molecule has 0 aliphatic rings. The van der Waals surface area contributed by atoms with Crippen LogP contribution in [0.5, 0.6) is 0 Å². The van der Waals surface area contributed by atoms with Crippen LogP contribution in [0, 0.1) is 5.92 Å². The predicted molar refractivity (Wildman–Crippen MR) is 177 cm³/mol. The summed E-state index contributed by atoms with van der Waals surface area (Å²) in [7, 11) is 0. The van der Waals surface area contributed by atoms with Crippen LogP contribution >= 0.6 is 0 Å². The first-order valence-electron chi connectivity index (χ1n) is 15.7. The lowest BCUT2D eigenvalue weighted by molar-refractivity contribution is -0.139. The molecule has 1 aromatic heterocycles. The van der Waals surface area contributed by atoms with E-state index < -0.39 is 97.1 Å². The first kappa shape index (κ1) is 40.6. The molecule has 1 aromatic carbocycles. The molecule has 1 heterocycles. The van der Waals surface area contributed by atoms with Crippen LogP contribution < -0.4 is 43.8 Å². The van der Waals surface area contributed by atoms with Crippen LogP contribution in [0.3, 0.4) is 0 Å². The zero-order valence-electron chi connectivity index (χ0n) is 27.7. The zero-order chi connectivity index (χ0) is 37.5. The molecule has 274 valence electrons. The third-order valence-corrected chi connectivity index (χ3v) is 7.37. The SMILES string of the molecule is CC(C)C[C@H](NC(=O)[C@@H](N)CO)C(=O)N[C@@H](Cc1c[nH]c2ccccc12)C(=O)N[C@@H](CC(N)=O)C(=O)N[C@@H](CCC(N)=O)C(=O)NCC(=O)O. The number of carboxylic acids is 1. The number of para-hydroxylation sites is 1. The maximum atomic E-state index is 13.9. The average molecular weight is 704 g/mol. The second-order valence-corrected chi connectivity index (χ2v) is 12.0. The van der Waals surface area contributed by atoms with E-state index in [1.807, 2.05) is 0 Å². The molecule has 2 rings (SSSR count). The number of carboxylic acid groups (broad SMARTS) is 1. The first-order valence-corrected chi connectivity index (χ1v) is 15.7. The van der Waals surface area contributed by atoms with Crippen molar-refractivity contribution in [2.24, 2.45) is 23.1 Å². The van der Waals surface area contributed by atoms with Gasteiger partial charge in [0, 0.05) is 29.9 Å². The number of hydrogen-bond donors (Lipinski definition) is 11. The molecule has 0 fully saturated rings. The average Bonchev–Trinajstić information content (AvgIpc) is 3.45. The summed E-state index contributed by atoms with van der Waals surface area (Å²) in [5, 5.41) is 30.7. The Morgan fingerprint density at radius 2 is 1.36 bits per heavy atom. The number of aromatic nitrogens is 1. The van der Waals surface area contributed by atoms with Crippen molar-refractivity contribution in [1.29, 1.82) is 0 Å². The highest BCUT2D eigenvalue weighted by atomic mass is 16.4. The van der Waals surface area contributed by atoms with Crippen molar-refractivity contribution in [2.45, 2.75) is 76.2 Å². The summed E-state index contributed by atoms with van der Waals surface area (Å²) < 4.78 is 0. The van der Waals surface area contributed by atoms with Crippen molar-refractivity contribution < 1.29 is 48.6 Å². The molecular formula is C31H45N9O10. The number of nitrogens with one attached hydrogen (secondary N) is 6. The molecule has 7 amide bonds. The van der Waals surface area contributed by atoms with E-state index >= 15 is 0 Å². The van der Waals surface area contributed by atoms with Crippen LogP contribution in [-0.4, -0.2) is 106 Å². The Balaban J connectivity index is 2.42. The molecule has 0 saturated carbocycles. The lowest BCUT2D eigenvalue weighted by atomic mass is 10.00. The van der Waals surface area contributed by atoms with Gasteiger partial charge in [0.25, 0.3) is 0 Å². The number of aliphatic hydroxyl groups excluding tert-OH is 1. The molecule has 0 bridgehead atoms. The van der Waals surface area contributed by atoms with Crippen molar-refractivity contribution >= 4 is 58.2 Å². The second kappa shape index (κ2) is 19.4. The van der Waals surface area contributed by atoms with E-state index in [2.05, 4.69) is 31.6 Å². The summed E-state index contributed by atoms with van der Waals surface area (Å²) in [6, 6.07) is 0.0330. The molecule has 0 aliphatic carbocycles. The van der Waals surface area contributed by atoms with Gasteiger partial charge >= 0.3 is 5.97 Å². The maximum absolute atomic E-state index is 13.9. The van der Waals surface area contributed by atoms with E-state index in [-0.39, 0.29) is 31.6 Å². The van der Waals surface area contributed by atoms with Crippen LogP contribution in [0.1, 0.15) is 45.1 Å². The molecule has 0 aliphatic heterocycles. The molecule has 50 heavy (non-hydrogen) atoms. The number of benzene rings is 1. The number of H-pyrrole nitrogens is 1. The monoisotopic (exact) mass is 703 g/mol. The molecule has 19 heteroatoms. The van der Waals surface area contributed by atoms with Gasteiger partial charge in [-0.1, -0.05) is 32.0 Å². The third-order valence-electron chi connectivity index (χ3n) is 7.37. The van der Waals surface area contributed by atoms with Gasteiger partial charge < -0.3 is 59.0 Å². The molecule has 0 saturated heterocycles. The molecule has 2 aromatic rings. The summed E-state index contributed by atoms with van der Waals surface area (Å²) in [4.78, 5) is 103. The molecule has 14 N–H and O–H groups in total. The minimum absolute atomic E-state index is 0.115. The summed E-state index contributed by atoms with van der Waals surface area (Å²) in [6.07, 6.45) is 0.137. The van der Waals surface area contributed by atoms with Crippen LogP contribution in [0.4, 0.5) is 0 Å². The first-order chi connectivity index (χ1) is 23.5. The molecular weight excluding hydrogens is 658 g/mol. The quantitative estimate of drug-likeness (QED) is 0.0602. The Bertz CT molecular complexity index is 1560. The van der Waals surface area contributed by atoms with Crippen molar-refractivity contribution in [3.05, 3.63) is 36.0 Å². The van der Waals surface area contributed by atoms with Gasteiger partial charge in [-0.3, -0.25) is 38.4 Å². The highest BCUT2D eigenvalue weighted by Crippen LogP contribution is 2.19. The summed E-state index contributed by atoms with van der Waals surface area (Å²) in [5.74, 6) is -7.94. The fourth-order valence-electron chi connectivity index (χ4n) is 4.86. The largest absolute Gasteiger partial charge is 0.480 e. The highest BCUT2D eigenvalue weighted by molar-refractivity contribution is 5.98. The number of hydrogen-bond acceptors (Lipinski definition) is 10. The lowest BCUT2D eigenvalue weighted by Gasteiger charge is -2.27. The standard InChI is InChI=1S/C31H45N9O10/c1-15(2)9-21(38-27(46)18(32)14-41)29(48)39-22(10-16-12-35-19-6-4-3-5-17(16)19)30(49)40-23(11-25(34)43)31(50)37-20(7-8-24(33)42)28(47)36-13-26(44)45/h3-6,12,15,18,20-23,35,41H,7-11,13-14,32H2,1-2H3,(H2,33,42)(H2,34,43)(H,36,47)(H,37,50)(H,38,46)(H,39,48)(H,40,49)(H,44,45)/t18-,20-,21-,22-,23-/m0/s1. The number of fused-ring (bicyclic) bond motifs is 1. The van der Waals surface area contributed by atoms with Crippen LogP contribution in [0.25, 0.3) is 10.9 Å². The van der Waals surface area contributed by atoms with E-state index in [9.17, 15) is 43.5 Å². The number of rotatable bonds is 21. The topological polar surface area (TPSA) is 331 Å². The van der Waals surface area contributed by atoms with Crippen LogP contribution in [0.15, 0.2) is 30.5 Å². The van der Waals surface area contributed by atoms with Gasteiger partial charge in [0.1, 0.15) is 36.8 Å². The van der Waals surface area contributed by atoms with Gasteiger partial charge in [0.15, 0.2) is 0 Å². The van der Waals surface area contributed by atoms with Crippen molar-refractivity contribution in [3.63, 3.8) is 0 Å². The molecule has 19 nitrogen and oxygen atoms in total. The fraction of sp³-hybridized carbons (Fsp3) is 0.484. The normalized spacial score (nSPS) is 14.0. The minimum Gasteiger partial charge on any atom is -0.480 e. The number of carbonyl (C=O) groups is 8. The van der Waals surface area contributed by atoms with E-state index in [0.717, 1.165) is 10.9 Å². The van der Waals surface area contributed by atoms with Crippen LogP contribution in [-0.2, 0) is 44.8 Å². The zero-order valence-corrected chi connectivity index (χ0v) is 27.7. The maximum Gasteiger partial charge on any atom is 0.322 e. The van der Waals surface area contributed by atoms with Gasteiger partial charge in [-0.2, -0.15) is 0 Å². The Labute approximate surface area is 286 Å². The number of primary amides is 2. The van der Waals surface area contributed by atoms with Gasteiger partial charge in [0.05, 0.1) is 13.0 Å². The molecule has 0 spiro atoms. The number of aliphatic hydroxyl groups is 1. The number of aromatic amines is 1. The number of aliphatic carboxylic acids is 1. The Kier molecular flexibility index (Phi) is 15.8. The summed E-state index contributed by atoms with van der Waals surface area (Å²) >= 11 is 0. The highest BCUT2D eigenvalue weighted by Gasteiger charge is 2.33. The Hall–Kier alpha value is -5.56. The lowest BCUT2D eigenvalue weighted by Crippen LogP contribution is -2.60. The smallest absolute Gasteiger partial charge is 0.322 e. The summed E-state index contributed by atoms with van der Waals surface area (Å²) in [5.41, 5.74) is 17.5. The van der Waals surface area contributed by atoms with E-state index in [1.54, 1.807) is 44.3 Å². The Morgan fingerprint density at radius 1 is 0.780 bits per heavy atom. The predicted octanol–water partition coefficient (Wildman–Crippen LogP) is -3.64. The minimum atomic E-state index is -1.69. The van der Waals surface area contributed by atoms with E-state index in [1.165, 1.54) is 0 Å². The fourth-order valence-corrected chi connectivity index (χ4v) is 4.86.